The number of thiazole rings is 1. The van der Waals surface area contributed by atoms with Crippen LogP contribution in [-0.2, 0) is 20.6 Å². The monoisotopic (exact) mass is 444 g/mol. The van der Waals surface area contributed by atoms with Crippen LogP contribution in [0.3, 0.4) is 0 Å². The topological polar surface area (TPSA) is 82.6 Å². The molecular formula is C21H24N4O3S2. The molecule has 0 aliphatic carbocycles. The highest BCUT2D eigenvalue weighted by molar-refractivity contribution is 7.88. The minimum atomic E-state index is -3.40. The maximum Gasteiger partial charge on any atom is 0.244 e. The van der Waals surface area contributed by atoms with Crippen LogP contribution in [0.2, 0.25) is 0 Å². The summed E-state index contributed by atoms with van der Waals surface area (Å²) in [5, 5.41) is 3.90. The summed E-state index contributed by atoms with van der Waals surface area (Å²) >= 11 is 1.51. The molecule has 0 bridgehead atoms. The Morgan fingerprint density at radius 2 is 1.73 bits per heavy atom. The van der Waals surface area contributed by atoms with Gasteiger partial charge in [-0.05, 0) is 24.6 Å². The number of carbonyl (C=O) groups excluding carboxylic acids is 1. The van der Waals surface area contributed by atoms with Gasteiger partial charge in [-0.2, -0.15) is 4.31 Å². The predicted molar refractivity (Wildman–Crippen MR) is 120 cm³/mol. The van der Waals surface area contributed by atoms with Gasteiger partial charge in [0.2, 0.25) is 15.9 Å². The maximum atomic E-state index is 12.8. The molecule has 0 radical (unpaired) electrons. The summed E-state index contributed by atoms with van der Waals surface area (Å²) in [7, 11) is -3.40. The molecule has 0 spiro atoms. The molecule has 1 N–H and O–H groups in total. The Labute approximate surface area is 180 Å². The summed E-state index contributed by atoms with van der Waals surface area (Å²) < 4.78 is 27.9. The number of carbonyl (C=O) groups is 1. The highest BCUT2D eigenvalue weighted by atomic mass is 32.2. The van der Waals surface area contributed by atoms with Gasteiger partial charge in [-0.15, -0.1) is 0 Å². The number of hydrogen-bond donors (Lipinski definition) is 1. The van der Waals surface area contributed by atoms with Crippen molar-refractivity contribution in [2.75, 3.05) is 31.5 Å². The molecule has 1 aromatic heterocycles. The third-order valence-corrected chi connectivity index (χ3v) is 7.96. The summed E-state index contributed by atoms with van der Waals surface area (Å²) in [5.74, 6) is -0.0634. The predicted octanol–water partition coefficient (Wildman–Crippen LogP) is 2.77. The van der Waals surface area contributed by atoms with Crippen LogP contribution in [-0.4, -0.2) is 60.7 Å². The van der Waals surface area contributed by atoms with E-state index >= 15 is 0 Å². The van der Waals surface area contributed by atoms with E-state index in [1.54, 1.807) is 4.90 Å². The molecule has 1 fully saturated rings. The van der Waals surface area contributed by atoms with E-state index in [2.05, 4.69) is 10.3 Å². The quantitative estimate of drug-likeness (QED) is 0.632. The molecule has 158 valence electrons. The van der Waals surface area contributed by atoms with E-state index in [-0.39, 0.29) is 11.7 Å². The number of hydrogen-bond acceptors (Lipinski definition) is 6. The van der Waals surface area contributed by atoms with E-state index in [1.165, 1.54) is 15.6 Å². The van der Waals surface area contributed by atoms with Gasteiger partial charge < -0.3 is 10.2 Å². The van der Waals surface area contributed by atoms with Crippen LogP contribution in [0.5, 0.6) is 0 Å². The zero-order valence-corrected chi connectivity index (χ0v) is 18.3. The molecule has 0 unspecified atom stereocenters. The van der Waals surface area contributed by atoms with Crippen molar-refractivity contribution < 1.29 is 13.2 Å². The average molecular weight is 445 g/mol. The van der Waals surface area contributed by atoms with Gasteiger partial charge in [0.05, 0.1) is 16.0 Å². The van der Waals surface area contributed by atoms with Crippen LogP contribution in [0.15, 0.2) is 54.6 Å². The number of nitrogens with one attached hydrogen (secondary N) is 1. The molecule has 4 rings (SSSR count). The van der Waals surface area contributed by atoms with E-state index in [1.807, 2.05) is 61.5 Å². The van der Waals surface area contributed by atoms with Gasteiger partial charge in [0, 0.05) is 26.2 Å². The van der Waals surface area contributed by atoms with Gasteiger partial charge in [-0.1, -0.05) is 53.8 Å². The van der Waals surface area contributed by atoms with Crippen molar-refractivity contribution in [3.8, 4) is 0 Å². The van der Waals surface area contributed by atoms with E-state index in [9.17, 15) is 13.2 Å². The molecular weight excluding hydrogens is 420 g/mol. The number of fused-ring (bicyclic) bond motifs is 1. The van der Waals surface area contributed by atoms with Crippen LogP contribution in [0.1, 0.15) is 12.5 Å². The number of nitrogens with zero attached hydrogens (tertiary/aromatic N) is 3. The number of amides is 1. The summed E-state index contributed by atoms with van der Waals surface area (Å²) in [6.07, 6.45) is 0. The van der Waals surface area contributed by atoms with E-state index in [0.29, 0.717) is 31.3 Å². The molecule has 2 aromatic carbocycles. The largest absolute Gasteiger partial charge is 0.350 e. The number of para-hydroxylation sites is 1. The molecule has 0 saturated carbocycles. The molecule has 7 nitrogen and oxygen atoms in total. The number of anilines is 1. The van der Waals surface area contributed by atoms with Crippen LogP contribution < -0.4 is 5.32 Å². The normalized spacial score (nSPS) is 16.5. The van der Waals surface area contributed by atoms with Crippen molar-refractivity contribution in [3.63, 3.8) is 0 Å². The molecule has 1 aliphatic heterocycles. The van der Waals surface area contributed by atoms with Crippen LogP contribution >= 0.6 is 11.3 Å². The van der Waals surface area contributed by atoms with Crippen molar-refractivity contribution in [1.82, 2.24) is 14.2 Å². The van der Waals surface area contributed by atoms with Crippen LogP contribution in [0, 0.1) is 0 Å². The Hall–Kier alpha value is -2.49. The lowest BCUT2D eigenvalue weighted by atomic mass is 10.2. The lowest BCUT2D eigenvalue weighted by molar-refractivity contribution is -0.132. The van der Waals surface area contributed by atoms with Crippen LogP contribution in [0.25, 0.3) is 10.2 Å². The smallest absolute Gasteiger partial charge is 0.244 e. The second-order valence-corrected chi connectivity index (χ2v) is 10.3. The van der Waals surface area contributed by atoms with Crippen molar-refractivity contribution in [2.45, 2.75) is 18.7 Å². The zero-order chi connectivity index (χ0) is 21.1. The molecule has 3 aromatic rings. The highest BCUT2D eigenvalue weighted by Gasteiger charge is 2.30. The van der Waals surface area contributed by atoms with E-state index in [0.717, 1.165) is 15.8 Å². The summed E-state index contributed by atoms with van der Waals surface area (Å²) in [5.41, 5.74) is 1.67. The van der Waals surface area contributed by atoms with Crippen molar-refractivity contribution in [1.29, 1.82) is 0 Å². The van der Waals surface area contributed by atoms with Crippen LogP contribution in [0.4, 0.5) is 5.13 Å². The van der Waals surface area contributed by atoms with Gasteiger partial charge in [0.1, 0.15) is 6.04 Å². The number of aromatic nitrogens is 1. The fourth-order valence-corrected chi connectivity index (χ4v) is 5.99. The fourth-order valence-electron chi connectivity index (χ4n) is 3.52. The standard InChI is InChI=1S/C21H24N4O3S2/c1-16(22-21-23-18-9-5-6-10-19(18)29-21)20(26)24-11-13-25(14-12-24)30(27,28)15-17-7-3-2-4-8-17/h2-10,16H,11-15H2,1H3,(H,22,23)/t16-/m0/s1. The minimum absolute atomic E-state index is 0.0165. The number of rotatable bonds is 6. The molecule has 30 heavy (non-hydrogen) atoms. The van der Waals surface area contributed by atoms with E-state index < -0.39 is 16.1 Å². The van der Waals surface area contributed by atoms with Gasteiger partial charge in [0.15, 0.2) is 5.13 Å². The van der Waals surface area contributed by atoms with Crippen molar-refractivity contribution >= 4 is 42.6 Å². The van der Waals surface area contributed by atoms with Gasteiger partial charge in [0.25, 0.3) is 0 Å². The Bertz CT molecular complexity index is 1090. The highest BCUT2D eigenvalue weighted by Crippen LogP contribution is 2.26. The fraction of sp³-hybridized carbons (Fsp3) is 0.333. The van der Waals surface area contributed by atoms with Crippen molar-refractivity contribution in [3.05, 3.63) is 60.2 Å². The third-order valence-electron chi connectivity index (χ3n) is 5.14. The SMILES string of the molecule is C[C@H](Nc1nc2ccccc2s1)C(=O)N1CCN(S(=O)(=O)Cc2ccccc2)CC1. The van der Waals surface area contributed by atoms with Gasteiger partial charge in [-0.25, -0.2) is 13.4 Å². The lowest BCUT2D eigenvalue weighted by Crippen LogP contribution is -2.53. The molecule has 1 saturated heterocycles. The Balaban J connectivity index is 1.33. The summed E-state index contributed by atoms with van der Waals surface area (Å²) in [6, 6.07) is 16.6. The van der Waals surface area contributed by atoms with Crippen molar-refractivity contribution in [2.24, 2.45) is 0 Å². The Morgan fingerprint density at radius 3 is 2.43 bits per heavy atom. The second kappa shape index (κ2) is 8.71. The Morgan fingerprint density at radius 1 is 1.07 bits per heavy atom. The molecule has 2 heterocycles. The summed E-state index contributed by atoms with van der Waals surface area (Å²) in [4.78, 5) is 19.1. The van der Waals surface area contributed by atoms with E-state index in [4.69, 9.17) is 0 Å². The molecule has 1 amide bonds. The zero-order valence-electron chi connectivity index (χ0n) is 16.7. The summed E-state index contributed by atoms with van der Waals surface area (Å²) in [6.45, 7) is 3.22. The van der Waals surface area contributed by atoms with Gasteiger partial charge in [-0.3, -0.25) is 4.79 Å². The lowest BCUT2D eigenvalue weighted by Gasteiger charge is -2.35. The Kier molecular flexibility index (Phi) is 6.03. The first kappa shape index (κ1) is 20.8. The first-order valence-corrected chi connectivity index (χ1v) is 12.3. The minimum Gasteiger partial charge on any atom is -0.350 e. The van der Waals surface area contributed by atoms with Gasteiger partial charge >= 0.3 is 0 Å². The molecule has 1 atom stereocenters. The first-order valence-electron chi connectivity index (χ1n) is 9.85. The number of piperazine rings is 1. The molecule has 1 aliphatic rings. The average Bonchev–Trinajstić information content (AvgIpc) is 3.16. The second-order valence-electron chi connectivity index (χ2n) is 7.32. The first-order chi connectivity index (χ1) is 14.4. The molecule has 9 heteroatoms. The number of sulfonamides is 1. The maximum absolute atomic E-state index is 12.8. The third kappa shape index (κ3) is 4.63. The number of benzene rings is 2.